The van der Waals surface area contributed by atoms with E-state index in [4.69, 9.17) is 19.4 Å². The van der Waals surface area contributed by atoms with Crippen molar-refractivity contribution in [2.45, 2.75) is 6.17 Å². The molecule has 5 nitrogen and oxygen atoms in total. The summed E-state index contributed by atoms with van der Waals surface area (Å²) >= 11 is 0. The molecule has 1 unspecified atom stereocenters. The normalized spacial score (nSPS) is 14.7. The fourth-order valence-electron chi connectivity index (χ4n) is 7.29. The van der Waals surface area contributed by atoms with Crippen LogP contribution in [0.3, 0.4) is 0 Å². The quantitative estimate of drug-likeness (QED) is 0.197. The number of hydrogen-bond donors (Lipinski definition) is 1. The topological polar surface area (TPSA) is 62.8 Å². The molecule has 0 saturated heterocycles. The second-order valence-electron chi connectivity index (χ2n) is 12.4. The van der Waals surface area contributed by atoms with Gasteiger partial charge in [-0.05, 0) is 56.9 Å². The van der Waals surface area contributed by atoms with Crippen molar-refractivity contribution < 1.29 is 4.42 Å². The molecule has 2 aromatic heterocycles. The maximum atomic E-state index is 6.24. The molecular formula is C44H28N4O. The van der Waals surface area contributed by atoms with Crippen LogP contribution in [0.4, 0.5) is 0 Å². The van der Waals surface area contributed by atoms with Gasteiger partial charge in [-0.25, -0.2) is 9.98 Å². The summed E-state index contributed by atoms with van der Waals surface area (Å²) in [6, 6.07) is 52.7. The van der Waals surface area contributed by atoms with Crippen LogP contribution in [0.25, 0.3) is 65.5 Å². The molecule has 0 amide bonds. The minimum absolute atomic E-state index is 0.367. The smallest absolute Gasteiger partial charge is 0.159 e. The summed E-state index contributed by atoms with van der Waals surface area (Å²) in [6.45, 7) is 0. The molecule has 49 heavy (non-hydrogen) atoms. The van der Waals surface area contributed by atoms with Crippen LogP contribution in [-0.2, 0) is 0 Å². The van der Waals surface area contributed by atoms with Gasteiger partial charge in [-0.3, -0.25) is 4.98 Å². The summed E-state index contributed by atoms with van der Waals surface area (Å²) in [7, 11) is 0. The number of benzene rings is 7. The first kappa shape index (κ1) is 27.5. The maximum Gasteiger partial charge on any atom is 0.159 e. The van der Waals surface area contributed by atoms with E-state index < -0.39 is 0 Å². The van der Waals surface area contributed by atoms with Gasteiger partial charge >= 0.3 is 0 Å². The lowest BCUT2D eigenvalue weighted by molar-refractivity contribution is 0.662. The van der Waals surface area contributed by atoms with Crippen molar-refractivity contribution in [2.75, 3.05) is 0 Å². The molecule has 7 aromatic carbocycles. The van der Waals surface area contributed by atoms with E-state index in [0.717, 1.165) is 66.5 Å². The molecule has 0 saturated carbocycles. The van der Waals surface area contributed by atoms with E-state index in [9.17, 15) is 0 Å². The molecule has 230 valence electrons. The lowest BCUT2D eigenvalue weighted by Gasteiger charge is -2.24. The predicted molar refractivity (Wildman–Crippen MR) is 201 cm³/mol. The Kier molecular flexibility index (Phi) is 6.18. The summed E-state index contributed by atoms with van der Waals surface area (Å²) < 4.78 is 6.24. The van der Waals surface area contributed by atoms with Crippen LogP contribution >= 0.6 is 0 Å². The molecule has 1 N–H and O–H groups in total. The standard InChI is InChI=1S/C44H28N4O/c1-2-11-29(12-3-1)42-46-43(48-44(47-42)35-15-8-18-39-41(35)34-14-6-7-17-38(34)49-39)30-21-19-28(20-22-30)36-26-37-32(16-9-25-45-37)33-24-23-27-10-4-5-13-31(27)40(33)36/h1-26,44H,(H,46,47,48). The van der Waals surface area contributed by atoms with E-state index >= 15 is 0 Å². The van der Waals surface area contributed by atoms with Crippen molar-refractivity contribution in [1.82, 2.24) is 10.3 Å². The predicted octanol–water partition coefficient (Wildman–Crippen LogP) is 10.6. The van der Waals surface area contributed by atoms with Gasteiger partial charge in [0.2, 0.25) is 0 Å². The second kappa shape index (κ2) is 11.0. The van der Waals surface area contributed by atoms with Crippen LogP contribution in [0, 0.1) is 0 Å². The van der Waals surface area contributed by atoms with E-state index in [-0.39, 0.29) is 6.17 Å². The van der Waals surface area contributed by atoms with E-state index in [1.807, 2.05) is 60.8 Å². The fraction of sp³-hybridized carbons (Fsp3) is 0.0227. The molecule has 1 aliphatic rings. The van der Waals surface area contributed by atoms with Crippen molar-refractivity contribution >= 4 is 66.1 Å². The fourth-order valence-corrected chi connectivity index (χ4v) is 7.29. The monoisotopic (exact) mass is 628 g/mol. The maximum absolute atomic E-state index is 6.24. The zero-order chi connectivity index (χ0) is 32.3. The van der Waals surface area contributed by atoms with Gasteiger partial charge < -0.3 is 9.73 Å². The second-order valence-corrected chi connectivity index (χ2v) is 12.4. The molecule has 10 rings (SSSR count). The van der Waals surface area contributed by atoms with Crippen molar-refractivity contribution in [3.05, 3.63) is 175 Å². The number of aromatic nitrogens is 1. The summed E-state index contributed by atoms with van der Waals surface area (Å²) in [6.07, 6.45) is 1.50. The number of fused-ring (bicyclic) bond motifs is 8. The highest BCUT2D eigenvalue weighted by Crippen LogP contribution is 2.39. The molecule has 1 aliphatic heterocycles. The van der Waals surface area contributed by atoms with Crippen LogP contribution in [0.1, 0.15) is 22.9 Å². The summed E-state index contributed by atoms with van der Waals surface area (Å²) in [5.41, 5.74) is 7.96. The minimum atomic E-state index is -0.367. The van der Waals surface area contributed by atoms with Gasteiger partial charge in [0.25, 0.3) is 0 Å². The number of pyridine rings is 1. The van der Waals surface area contributed by atoms with E-state index in [1.54, 1.807) is 0 Å². The molecule has 3 heterocycles. The van der Waals surface area contributed by atoms with Gasteiger partial charge in [0, 0.05) is 39.0 Å². The third-order valence-corrected chi connectivity index (χ3v) is 9.58. The van der Waals surface area contributed by atoms with Crippen LogP contribution in [0.15, 0.2) is 172 Å². The Morgan fingerprint density at radius 3 is 2.18 bits per heavy atom. The summed E-state index contributed by atoms with van der Waals surface area (Å²) in [5.74, 6) is 1.46. The number of nitrogens with one attached hydrogen (secondary N) is 1. The Balaban J connectivity index is 1.11. The molecular weight excluding hydrogens is 601 g/mol. The average Bonchev–Trinajstić information content (AvgIpc) is 3.57. The molecule has 0 fully saturated rings. The number of rotatable bonds is 4. The van der Waals surface area contributed by atoms with Crippen molar-refractivity contribution in [3.63, 3.8) is 0 Å². The van der Waals surface area contributed by atoms with Gasteiger partial charge in [0.1, 0.15) is 23.2 Å². The molecule has 1 atom stereocenters. The number of nitrogens with zero attached hydrogens (tertiary/aromatic N) is 3. The molecule has 5 heteroatoms. The van der Waals surface area contributed by atoms with Gasteiger partial charge in [0.15, 0.2) is 5.84 Å². The summed E-state index contributed by atoms with van der Waals surface area (Å²) in [5, 5.41) is 11.9. The number of para-hydroxylation sites is 1. The van der Waals surface area contributed by atoms with Gasteiger partial charge in [-0.15, -0.1) is 0 Å². The molecule has 0 spiro atoms. The highest BCUT2D eigenvalue weighted by atomic mass is 16.3. The Labute approximate surface area is 281 Å². The SMILES string of the molecule is c1ccc(C2=NC(c3cccc4oc5ccccc5c34)NC(c3ccc(-c4cc5ncccc5c5ccc6ccccc6c45)cc3)=N2)cc1. The lowest BCUT2D eigenvalue weighted by atomic mass is 9.91. The Hall–Kier alpha value is -6.59. The van der Waals surface area contributed by atoms with E-state index in [0.29, 0.717) is 5.84 Å². The Bertz CT molecular complexity index is 2800. The highest BCUT2D eigenvalue weighted by molar-refractivity contribution is 6.22. The third-order valence-electron chi connectivity index (χ3n) is 9.58. The largest absolute Gasteiger partial charge is 0.456 e. The highest BCUT2D eigenvalue weighted by Gasteiger charge is 2.24. The Morgan fingerprint density at radius 2 is 1.29 bits per heavy atom. The zero-order valence-electron chi connectivity index (χ0n) is 26.3. The van der Waals surface area contributed by atoms with Crippen LogP contribution in [-0.4, -0.2) is 16.7 Å². The van der Waals surface area contributed by atoms with E-state index in [2.05, 4.69) is 102 Å². The van der Waals surface area contributed by atoms with Crippen molar-refractivity contribution in [2.24, 2.45) is 9.98 Å². The number of aliphatic imine (C=N–C) groups is 2. The van der Waals surface area contributed by atoms with Gasteiger partial charge in [0.05, 0.1) is 5.52 Å². The third kappa shape index (κ3) is 4.51. The van der Waals surface area contributed by atoms with Gasteiger partial charge in [-0.2, -0.15) is 0 Å². The first-order valence-electron chi connectivity index (χ1n) is 16.5. The number of hydrogen-bond acceptors (Lipinski definition) is 5. The van der Waals surface area contributed by atoms with Crippen LogP contribution in [0.5, 0.6) is 0 Å². The van der Waals surface area contributed by atoms with Crippen LogP contribution < -0.4 is 5.32 Å². The van der Waals surface area contributed by atoms with Crippen LogP contribution in [0.2, 0.25) is 0 Å². The summed E-state index contributed by atoms with van der Waals surface area (Å²) in [4.78, 5) is 15.0. The van der Waals surface area contributed by atoms with Crippen molar-refractivity contribution in [3.8, 4) is 11.1 Å². The number of furan rings is 1. The molecule has 0 bridgehead atoms. The molecule has 9 aromatic rings. The Morgan fingerprint density at radius 1 is 0.531 bits per heavy atom. The molecule has 0 aliphatic carbocycles. The average molecular weight is 629 g/mol. The van der Waals surface area contributed by atoms with E-state index in [1.165, 1.54) is 21.5 Å². The van der Waals surface area contributed by atoms with Gasteiger partial charge in [-0.1, -0.05) is 127 Å². The molecule has 0 radical (unpaired) electrons. The minimum Gasteiger partial charge on any atom is -0.456 e. The first-order valence-corrected chi connectivity index (χ1v) is 16.5. The number of amidine groups is 2. The lowest BCUT2D eigenvalue weighted by Crippen LogP contribution is -2.33. The first-order chi connectivity index (χ1) is 24.3. The zero-order valence-corrected chi connectivity index (χ0v) is 26.3. The van der Waals surface area contributed by atoms with Crippen molar-refractivity contribution in [1.29, 1.82) is 0 Å².